The van der Waals surface area contributed by atoms with Crippen molar-refractivity contribution in [3.05, 3.63) is 63.9 Å². The predicted octanol–water partition coefficient (Wildman–Crippen LogP) is 6.20. The van der Waals surface area contributed by atoms with Crippen molar-refractivity contribution in [1.29, 1.82) is 5.26 Å². The Morgan fingerprint density at radius 2 is 2.05 bits per heavy atom. The lowest BCUT2D eigenvalue weighted by Crippen LogP contribution is -2.20. The summed E-state index contributed by atoms with van der Waals surface area (Å²) < 4.78 is 21.5. The summed E-state index contributed by atoms with van der Waals surface area (Å²) in [5.41, 5.74) is 4.05. The number of pyridine rings is 2. The van der Waals surface area contributed by atoms with E-state index in [4.69, 9.17) is 16.3 Å². The molecule has 1 aromatic carbocycles. The van der Waals surface area contributed by atoms with Gasteiger partial charge in [-0.2, -0.15) is 9.65 Å². The summed E-state index contributed by atoms with van der Waals surface area (Å²) in [6, 6.07) is 8.57. The zero-order valence-corrected chi connectivity index (χ0v) is 23.3. The molecule has 0 bridgehead atoms. The fourth-order valence-electron chi connectivity index (χ4n) is 4.51. The first-order valence-corrected chi connectivity index (χ1v) is 13.1. The number of nitrogens with zero attached hydrogens (tertiary/aromatic N) is 6. The number of anilines is 2. The van der Waals surface area contributed by atoms with Gasteiger partial charge >= 0.3 is 0 Å². The van der Waals surface area contributed by atoms with Crippen molar-refractivity contribution in [3.8, 4) is 11.9 Å². The van der Waals surface area contributed by atoms with Crippen molar-refractivity contribution in [3.63, 3.8) is 0 Å². The number of benzene rings is 1. The van der Waals surface area contributed by atoms with Gasteiger partial charge in [-0.1, -0.05) is 43.7 Å². The van der Waals surface area contributed by atoms with Crippen molar-refractivity contribution >= 4 is 33.9 Å². The van der Waals surface area contributed by atoms with Crippen LogP contribution in [0, 0.1) is 29.6 Å². The quantitative estimate of drug-likeness (QED) is 0.250. The molecular weight excluding hydrogens is 519 g/mol. The molecule has 202 valence electrons. The van der Waals surface area contributed by atoms with E-state index in [2.05, 4.69) is 57.8 Å². The van der Waals surface area contributed by atoms with Crippen LogP contribution in [0.3, 0.4) is 0 Å². The van der Waals surface area contributed by atoms with Crippen LogP contribution in [-0.4, -0.2) is 38.6 Å². The van der Waals surface area contributed by atoms with Gasteiger partial charge in [0.2, 0.25) is 11.8 Å². The molecule has 1 aliphatic carbocycles. The Labute approximate surface area is 231 Å². The van der Waals surface area contributed by atoms with E-state index in [1.807, 2.05) is 6.07 Å². The molecule has 1 saturated carbocycles. The smallest absolute Gasteiger partial charge is 0.238 e. The zero-order valence-electron chi connectivity index (χ0n) is 22.5. The fraction of sp³-hybridized carbons (Fsp3) is 0.393. The summed E-state index contributed by atoms with van der Waals surface area (Å²) in [4.78, 5) is 8.49. The SMILES string of the molecule is COc1c([C@@H](Nc2cc(Cl)c3ncc(C#N)c(NCC(C)(C)C)c3c2)c2ccc(F)nc2C)nnn1C1CC1. The molecule has 3 heterocycles. The number of hydrogen-bond donors (Lipinski definition) is 2. The maximum absolute atomic E-state index is 14.0. The number of ether oxygens (including phenoxy) is 1. The van der Waals surface area contributed by atoms with E-state index in [-0.39, 0.29) is 11.5 Å². The second-order valence-corrected chi connectivity index (χ2v) is 11.4. The molecule has 0 amide bonds. The molecule has 0 radical (unpaired) electrons. The highest BCUT2D eigenvalue weighted by Crippen LogP contribution is 2.42. The van der Waals surface area contributed by atoms with Crippen LogP contribution in [0.5, 0.6) is 5.88 Å². The first-order valence-electron chi connectivity index (χ1n) is 12.7. The van der Waals surface area contributed by atoms with Gasteiger partial charge in [0.05, 0.1) is 34.9 Å². The van der Waals surface area contributed by atoms with E-state index >= 15 is 0 Å². The zero-order chi connectivity index (χ0) is 27.9. The van der Waals surface area contributed by atoms with Crippen molar-refractivity contribution in [2.75, 3.05) is 24.3 Å². The van der Waals surface area contributed by atoms with Crippen LogP contribution < -0.4 is 15.4 Å². The van der Waals surface area contributed by atoms with Gasteiger partial charge in [0.1, 0.15) is 12.1 Å². The van der Waals surface area contributed by atoms with Gasteiger partial charge in [-0.05, 0) is 43.4 Å². The molecule has 9 nitrogen and oxygen atoms in total. The highest BCUT2D eigenvalue weighted by atomic mass is 35.5. The number of halogens is 2. The summed E-state index contributed by atoms with van der Waals surface area (Å²) in [6.07, 6.45) is 3.55. The molecule has 0 saturated heterocycles. The van der Waals surface area contributed by atoms with E-state index in [1.165, 1.54) is 12.3 Å². The molecule has 4 aromatic rings. The van der Waals surface area contributed by atoms with E-state index in [0.29, 0.717) is 62.2 Å². The summed E-state index contributed by atoms with van der Waals surface area (Å²) in [5.74, 6) is -0.0337. The van der Waals surface area contributed by atoms with E-state index in [9.17, 15) is 9.65 Å². The third-order valence-corrected chi connectivity index (χ3v) is 6.88. The molecule has 2 N–H and O–H groups in total. The number of rotatable bonds is 8. The average molecular weight is 549 g/mol. The van der Waals surface area contributed by atoms with Crippen LogP contribution in [0.4, 0.5) is 15.8 Å². The van der Waals surface area contributed by atoms with Crippen LogP contribution in [0.2, 0.25) is 5.02 Å². The van der Waals surface area contributed by atoms with Crippen LogP contribution in [0.25, 0.3) is 10.9 Å². The predicted molar refractivity (Wildman–Crippen MR) is 149 cm³/mol. The second kappa shape index (κ2) is 10.3. The van der Waals surface area contributed by atoms with Gasteiger partial charge in [-0.25, -0.2) is 9.67 Å². The molecule has 11 heteroatoms. The maximum atomic E-state index is 14.0. The molecule has 0 aliphatic heterocycles. The Morgan fingerprint density at radius 1 is 1.28 bits per heavy atom. The molecule has 3 aromatic heterocycles. The van der Waals surface area contributed by atoms with Crippen molar-refractivity contribution in [2.45, 2.75) is 52.6 Å². The summed E-state index contributed by atoms with van der Waals surface area (Å²) in [7, 11) is 1.59. The molecule has 1 aliphatic rings. The molecular formula is C28H30ClFN8O. The Balaban J connectivity index is 1.64. The van der Waals surface area contributed by atoms with Crippen LogP contribution in [0.15, 0.2) is 30.5 Å². The molecule has 39 heavy (non-hydrogen) atoms. The van der Waals surface area contributed by atoms with Crippen molar-refractivity contribution in [1.82, 2.24) is 25.0 Å². The second-order valence-electron chi connectivity index (χ2n) is 11.0. The van der Waals surface area contributed by atoms with E-state index in [1.54, 1.807) is 30.8 Å². The first-order chi connectivity index (χ1) is 18.6. The lowest BCUT2D eigenvalue weighted by atomic mass is 9.96. The third-order valence-electron chi connectivity index (χ3n) is 6.59. The number of fused-ring (bicyclic) bond motifs is 1. The molecule has 0 spiro atoms. The number of nitriles is 1. The Kier molecular flexibility index (Phi) is 7.03. The lowest BCUT2D eigenvalue weighted by Gasteiger charge is -2.23. The highest BCUT2D eigenvalue weighted by molar-refractivity contribution is 6.35. The molecule has 0 unspecified atom stereocenters. The number of nitrogens with one attached hydrogen (secondary N) is 2. The number of hydrogen-bond acceptors (Lipinski definition) is 8. The van der Waals surface area contributed by atoms with Crippen molar-refractivity contribution in [2.24, 2.45) is 5.41 Å². The largest absolute Gasteiger partial charge is 0.480 e. The first kappa shape index (κ1) is 26.6. The molecule has 1 atom stereocenters. The summed E-state index contributed by atoms with van der Waals surface area (Å²) >= 11 is 6.73. The van der Waals surface area contributed by atoms with E-state index in [0.717, 1.165) is 12.8 Å². The number of aryl methyl sites for hydroxylation is 1. The van der Waals surface area contributed by atoms with Crippen LogP contribution >= 0.6 is 11.6 Å². The fourth-order valence-corrected chi connectivity index (χ4v) is 4.78. The summed E-state index contributed by atoms with van der Waals surface area (Å²) in [6.45, 7) is 8.72. The molecule has 5 rings (SSSR count). The van der Waals surface area contributed by atoms with Gasteiger partial charge in [-0.3, -0.25) is 4.98 Å². The summed E-state index contributed by atoms with van der Waals surface area (Å²) in [5, 5.41) is 26.7. The Hall–Kier alpha value is -3.97. The minimum absolute atomic E-state index is 0.0237. The Morgan fingerprint density at radius 3 is 2.69 bits per heavy atom. The number of aromatic nitrogens is 5. The number of methoxy groups -OCH3 is 1. The monoisotopic (exact) mass is 548 g/mol. The lowest BCUT2D eigenvalue weighted by molar-refractivity contribution is 0.356. The van der Waals surface area contributed by atoms with Crippen LogP contribution in [-0.2, 0) is 0 Å². The standard InChI is InChI=1S/C28H30ClFN8O/c1-15-19(8-9-22(30)34-15)25(26-27(39-5)38(37-36-26)18-6-7-18)35-17-10-20-23(33-14-28(2,3)4)16(12-31)13-32-24(20)21(29)11-17/h8-11,13,18,25,35H,6-7,14H2,1-5H3,(H,32,33)/t25-/m0/s1. The highest BCUT2D eigenvalue weighted by Gasteiger charge is 2.33. The average Bonchev–Trinajstić information content (AvgIpc) is 3.64. The van der Waals surface area contributed by atoms with Gasteiger partial charge in [0.15, 0.2) is 5.69 Å². The van der Waals surface area contributed by atoms with Gasteiger partial charge < -0.3 is 15.4 Å². The van der Waals surface area contributed by atoms with Gasteiger partial charge in [-0.15, -0.1) is 5.10 Å². The minimum atomic E-state index is -0.577. The van der Waals surface area contributed by atoms with E-state index < -0.39 is 12.0 Å². The van der Waals surface area contributed by atoms with Crippen LogP contribution in [0.1, 0.15) is 68.2 Å². The van der Waals surface area contributed by atoms with Crippen molar-refractivity contribution < 1.29 is 9.13 Å². The third kappa shape index (κ3) is 5.45. The maximum Gasteiger partial charge on any atom is 0.238 e. The topological polar surface area (TPSA) is 114 Å². The minimum Gasteiger partial charge on any atom is -0.480 e. The van der Waals surface area contributed by atoms with Gasteiger partial charge in [0.25, 0.3) is 0 Å². The molecule has 1 fully saturated rings. The normalized spacial score (nSPS) is 14.2. The van der Waals surface area contributed by atoms with Gasteiger partial charge in [0, 0.05) is 35.1 Å². The Bertz CT molecular complexity index is 1590.